The molecule has 69 valence electrons. The van der Waals surface area contributed by atoms with E-state index >= 15 is 0 Å². The predicted octanol–water partition coefficient (Wildman–Crippen LogP) is 2.07. The Morgan fingerprint density at radius 3 is 2.50 bits per heavy atom. The smallest absolute Gasteiger partial charge is 0.220 e. The first-order valence-electron chi connectivity index (χ1n) is 4.21. The minimum Gasteiger partial charge on any atom is -0.352 e. The van der Waals surface area contributed by atoms with E-state index in [0.29, 0.717) is 6.42 Å². The van der Waals surface area contributed by atoms with Crippen LogP contribution in [0, 0.1) is 6.92 Å². The average molecular weight is 168 g/mol. The van der Waals surface area contributed by atoms with Crippen LogP contribution in [0.3, 0.4) is 0 Å². The molecular weight excluding hydrogens is 150 g/mol. The van der Waals surface area contributed by atoms with E-state index in [1.165, 1.54) is 0 Å². The van der Waals surface area contributed by atoms with Crippen LogP contribution in [0.15, 0.2) is 12.2 Å². The van der Waals surface area contributed by atoms with Gasteiger partial charge in [-0.05, 0) is 34.1 Å². The molecule has 12 heavy (non-hydrogen) atoms. The van der Waals surface area contributed by atoms with Crippen molar-refractivity contribution in [2.75, 3.05) is 0 Å². The molecule has 1 N–H and O–H groups in total. The molecule has 0 saturated heterocycles. The van der Waals surface area contributed by atoms with E-state index in [-0.39, 0.29) is 11.4 Å². The Balaban J connectivity index is 3.61. The van der Waals surface area contributed by atoms with Gasteiger partial charge in [0.05, 0.1) is 0 Å². The number of carbonyl (C=O) groups is 1. The van der Waals surface area contributed by atoms with Crippen LogP contribution in [-0.4, -0.2) is 11.4 Å². The van der Waals surface area contributed by atoms with Gasteiger partial charge in [-0.2, -0.15) is 0 Å². The fourth-order valence-corrected chi connectivity index (χ4v) is 0.813. The number of nitrogens with one attached hydrogen (secondary N) is 1. The van der Waals surface area contributed by atoms with Crippen LogP contribution in [0.4, 0.5) is 0 Å². The minimum absolute atomic E-state index is 0.0978. The van der Waals surface area contributed by atoms with Crippen LogP contribution >= 0.6 is 0 Å². The van der Waals surface area contributed by atoms with Crippen LogP contribution < -0.4 is 5.32 Å². The van der Waals surface area contributed by atoms with Crippen molar-refractivity contribution in [3.05, 3.63) is 19.1 Å². The number of hydrogen-bond acceptors (Lipinski definition) is 1. The van der Waals surface area contributed by atoms with Gasteiger partial charge in [0, 0.05) is 12.0 Å². The molecule has 0 rings (SSSR count). The Hall–Kier alpha value is -0.790. The molecule has 0 aliphatic heterocycles. The van der Waals surface area contributed by atoms with Crippen LogP contribution in [-0.2, 0) is 4.79 Å². The van der Waals surface area contributed by atoms with E-state index in [9.17, 15) is 4.79 Å². The highest BCUT2D eigenvalue weighted by Crippen LogP contribution is 2.00. The first-order valence-corrected chi connectivity index (χ1v) is 4.21. The van der Waals surface area contributed by atoms with E-state index in [1.54, 1.807) is 6.08 Å². The van der Waals surface area contributed by atoms with Crippen molar-refractivity contribution < 1.29 is 4.79 Å². The molecule has 2 heteroatoms. The number of allylic oxidation sites excluding steroid dienone is 2. The molecular formula is C10H18NO. The van der Waals surface area contributed by atoms with E-state index in [1.807, 2.05) is 26.8 Å². The summed E-state index contributed by atoms with van der Waals surface area (Å²) in [5.41, 5.74) is -0.120. The van der Waals surface area contributed by atoms with Crippen LogP contribution in [0.25, 0.3) is 0 Å². The van der Waals surface area contributed by atoms with Crippen LogP contribution in [0.5, 0.6) is 0 Å². The highest BCUT2D eigenvalue weighted by Gasteiger charge is 2.12. The summed E-state index contributed by atoms with van der Waals surface area (Å²) in [7, 11) is 0. The van der Waals surface area contributed by atoms with Gasteiger partial charge in [-0.1, -0.05) is 12.2 Å². The Kier molecular flexibility index (Phi) is 4.64. The third-order valence-electron chi connectivity index (χ3n) is 1.22. The Morgan fingerprint density at radius 2 is 2.08 bits per heavy atom. The number of carbonyl (C=O) groups excluding carboxylic acids is 1. The first kappa shape index (κ1) is 11.2. The summed E-state index contributed by atoms with van der Waals surface area (Å²) >= 11 is 0. The Labute approximate surface area is 75.0 Å². The molecule has 1 radical (unpaired) electrons. The molecule has 1 amide bonds. The van der Waals surface area contributed by atoms with Gasteiger partial charge in [0.1, 0.15) is 0 Å². The quantitative estimate of drug-likeness (QED) is 0.686. The molecule has 0 atom stereocenters. The maximum absolute atomic E-state index is 11.2. The lowest BCUT2D eigenvalue weighted by molar-refractivity contribution is -0.122. The van der Waals surface area contributed by atoms with Crippen LogP contribution in [0.1, 0.15) is 33.6 Å². The number of hydrogen-bond donors (Lipinski definition) is 1. The maximum Gasteiger partial charge on any atom is 0.220 e. The summed E-state index contributed by atoms with van der Waals surface area (Å²) in [5.74, 6) is 0.0978. The topological polar surface area (TPSA) is 29.1 Å². The summed E-state index contributed by atoms with van der Waals surface area (Å²) in [6, 6.07) is 0. The second-order valence-electron chi connectivity index (χ2n) is 3.81. The average Bonchev–Trinajstić information content (AvgIpc) is 1.84. The molecule has 0 spiro atoms. The molecule has 0 saturated carbocycles. The second-order valence-corrected chi connectivity index (χ2v) is 3.81. The van der Waals surface area contributed by atoms with Crippen molar-refractivity contribution in [3.63, 3.8) is 0 Å². The second kappa shape index (κ2) is 4.96. The molecule has 0 heterocycles. The number of rotatable bonds is 3. The van der Waals surface area contributed by atoms with Crippen molar-refractivity contribution >= 4 is 5.91 Å². The fraction of sp³-hybridized carbons (Fsp3) is 0.600. The maximum atomic E-state index is 11.2. The monoisotopic (exact) mass is 168 g/mol. The standard InChI is InChI=1S/C10H18NO/c1-5-6-7-8-9(12)11-10(2,3)4/h5-6H,1,7-8H2,2-4H3,(H,11,12)/b6-5+. The molecule has 0 aromatic heterocycles. The Morgan fingerprint density at radius 1 is 1.50 bits per heavy atom. The van der Waals surface area contributed by atoms with E-state index in [4.69, 9.17) is 0 Å². The minimum atomic E-state index is -0.120. The molecule has 0 aliphatic rings. The molecule has 0 aliphatic carbocycles. The van der Waals surface area contributed by atoms with Gasteiger partial charge in [0.15, 0.2) is 0 Å². The summed E-state index contributed by atoms with van der Waals surface area (Å²) in [6.07, 6.45) is 4.92. The van der Waals surface area contributed by atoms with Crippen molar-refractivity contribution in [1.82, 2.24) is 5.32 Å². The lowest BCUT2D eigenvalue weighted by Gasteiger charge is -2.20. The zero-order chi connectivity index (χ0) is 9.61. The normalized spacial score (nSPS) is 12.0. The van der Waals surface area contributed by atoms with Gasteiger partial charge in [-0.25, -0.2) is 0 Å². The summed E-state index contributed by atoms with van der Waals surface area (Å²) < 4.78 is 0. The number of amides is 1. The molecule has 0 unspecified atom stereocenters. The predicted molar refractivity (Wildman–Crippen MR) is 51.6 cm³/mol. The Bertz CT molecular complexity index is 165. The van der Waals surface area contributed by atoms with Gasteiger partial charge >= 0.3 is 0 Å². The summed E-state index contributed by atoms with van der Waals surface area (Å²) in [5, 5.41) is 2.88. The zero-order valence-corrected chi connectivity index (χ0v) is 8.18. The van der Waals surface area contributed by atoms with E-state index in [2.05, 4.69) is 12.2 Å². The molecule has 0 bridgehead atoms. The van der Waals surface area contributed by atoms with Gasteiger partial charge in [0.2, 0.25) is 5.91 Å². The lowest BCUT2D eigenvalue weighted by Crippen LogP contribution is -2.40. The highest BCUT2D eigenvalue weighted by atomic mass is 16.1. The summed E-state index contributed by atoms with van der Waals surface area (Å²) in [6.45, 7) is 9.47. The largest absolute Gasteiger partial charge is 0.352 e. The van der Waals surface area contributed by atoms with E-state index in [0.717, 1.165) is 6.42 Å². The lowest BCUT2D eigenvalue weighted by atomic mass is 10.1. The van der Waals surface area contributed by atoms with Gasteiger partial charge in [-0.15, -0.1) is 0 Å². The van der Waals surface area contributed by atoms with Crippen molar-refractivity contribution in [3.8, 4) is 0 Å². The van der Waals surface area contributed by atoms with Crippen molar-refractivity contribution in [1.29, 1.82) is 0 Å². The SMILES string of the molecule is [CH2]/C=C/CCC(=O)NC(C)(C)C. The van der Waals surface area contributed by atoms with Gasteiger partial charge in [0.25, 0.3) is 0 Å². The first-order chi connectivity index (χ1) is 5.45. The van der Waals surface area contributed by atoms with Crippen LogP contribution in [0.2, 0.25) is 0 Å². The molecule has 0 fully saturated rings. The zero-order valence-electron chi connectivity index (χ0n) is 8.18. The molecule has 0 aromatic carbocycles. The molecule has 2 nitrogen and oxygen atoms in total. The third kappa shape index (κ3) is 7.32. The molecule has 0 aromatic rings. The van der Waals surface area contributed by atoms with Gasteiger partial charge < -0.3 is 5.32 Å². The third-order valence-corrected chi connectivity index (χ3v) is 1.22. The highest BCUT2D eigenvalue weighted by molar-refractivity contribution is 5.76. The fourth-order valence-electron chi connectivity index (χ4n) is 0.813. The summed E-state index contributed by atoms with van der Waals surface area (Å²) in [4.78, 5) is 11.2. The van der Waals surface area contributed by atoms with Crippen molar-refractivity contribution in [2.24, 2.45) is 0 Å². The van der Waals surface area contributed by atoms with Crippen molar-refractivity contribution in [2.45, 2.75) is 39.2 Å². The van der Waals surface area contributed by atoms with E-state index < -0.39 is 0 Å². The van der Waals surface area contributed by atoms with Gasteiger partial charge in [-0.3, -0.25) is 4.79 Å².